The Bertz CT molecular complexity index is 879. The van der Waals surface area contributed by atoms with Gasteiger partial charge in [-0.1, -0.05) is 17.3 Å². The Morgan fingerprint density at radius 3 is 3.00 bits per heavy atom. The van der Waals surface area contributed by atoms with Gasteiger partial charge < -0.3 is 4.52 Å². The molecule has 1 fully saturated rings. The van der Waals surface area contributed by atoms with E-state index in [2.05, 4.69) is 31.1 Å². The molecule has 0 atom stereocenters. The first-order valence-corrected chi connectivity index (χ1v) is 7.63. The van der Waals surface area contributed by atoms with Crippen LogP contribution in [-0.2, 0) is 6.54 Å². The maximum absolute atomic E-state index is 8.95. The molecule has 7 heteroatoms. The first kappa shape index (κ1) is 14.5. The van der Waals surface area contributed by atoms with Crippen LogP contribution in [0.15, 0.2) is 47.4 Å². The van der Waals surface area contributed by atoms with Gasteiger partial charge in [0.1, 0.15) is 5.69 Å². The molecule has 1 saturated heterocycles. The monoisotopic (exact) mass is 318 g/mol. The molecule has 1 aliphatic rings. The van der Waals surface area contributed by atoms with Crippen LogP contribution in [0.25, 0.3) is 11.5 Å². The van der Waals surface area contributed by atoms with E-state index in [0.717, 1.165) is 25.2 Å². The number of rotatable bonds is 4. The Morgan fingerprint density at radius 1 is 1.29 bits per heavy atom. The molecule has 3 aromatic rings. The van der Waals surface area contributed by atoms with Gasteiger partial charge in [-0.15, -0.1) is 0 Å². The van der Waals surface area contributed by atoms with Crippen molar-refractivity contribution in [2.75, 3.05) is 13.1 Å². The minimum absolute atomic E-state index is 0.238. The van der Waals surface area contributed by atoms with Gasteiger partial charge in [0.15, 0.2) is 0 Å². The van der Waals surface area contributed by atoms with Gasteiger partial charge in [-0.3, -0.25) is 9.88 Å². The van der Waals surface area contributed by atoms with Crippen molar-refractivity contribution in [3.8, 4) is 17.6 Å². The lowest BCUT2D eigenvalue weighted by Crippen LogP contribution is -2.44. The third kappa shape index (κ3) is 2.87. The third-order valence-corrected chi connectivity index (χ3v) is 4.00. The predicted molar refractivity (Wildman–Crippen MR) is 84.5 cm³/mol. The van der Waals surface area contributed by atoms with Gasteiger partial charge in [0.2, 0.25) is 11.7 Å². The lowest BCUT2D eigenvalue weighted by atomic mass is 9.99. The highest BCUT2D eigenvalue weighted by Gasteiger charge is 2.32. The zero-order valence-electron chi connectivity index (χ0n) is 12.8. The standard InChI is InChI=1S/C17H14N6O/c18-7-12-2-1-3-13(6-12)9-23-10-14(11-23)17-21-16(22-24-17)15-8-19-4-5-20-15/h1-6,8,14H,9-11H2. The number of hydrogen-bond donors (Lipinski definition) is 0. The Kier molecular flexibility index (Phi) is 3.73. The van der Waals surface area contributed by atoms with Gasteiger partial charge in [-0.05, 0) is 17.7 Å². The molecule has 0 saturated carbocycles. The van der Waals surface area contributed by atoms with E-state index in [0.29, 0.717) is 23.0 Å². The summed E-state index contributed by atoms with van der Waals surface area (Å²) in [6.45, 7) is 2.54. The van der Waals surface area contributed by atoms with Crippen LogP contribution >= 0.6 is 0 Å². The molecule has 0 aliphatic carbocycles. The smallest absolute Gasteiger partial charge is 0.232 e. The number of benzene rings is 1. The SMILES string of the molecule is N#Cc1cccc(CN2CC(c3nc(-c4cnccn4)no3)C2)c1. The molecule has 2 aromatic heterocycles. The largest absolute Gasteiger partial charge is 0.339 e. The van der Waals surface area contributed by atoms with Gasteiger partial charge in [0.25, 0.3) is 0 Å². The highest BCUT2D eigenvalue weighted by molar-refractivity contribution is 5.45. The maximum atomic E-state index is 8.95. The fourth-order valence-corrected chi connectivity index (χ4v) is 2.77. The predicted octanol–water partition coefficient (Wildman–Crippen LogP) is 2.00. The Labute approximate surface area is 138 Å². The fraction of sp³-hybridized carbons (Fsp3) is 0.235. The molecule has 0 amide bonds. The summed E-state index contributed by atoms with van der Waals surface area (Å²) in [7, 11) is 0. The average molecular weight is 318 g/mol. The van der Waals surface area contributed by atoms with Crippen LogP contribution in [0.1, 0.15) is 22.9 Å². The van der Waals surface area contributed by atoms with Crippen LogP contribution in [0.5, 0.6) is 0 Å². The summed E-state index contributed by atoms with van der Waals surface area (Å²) in [6, 6.07) is 9.85. The maximum Gasteiger partial charge on any atom is 0.232 e. The first-order chi connectivity index (χ1) is 11.8. The number of likely N-dealkylation sites (tertiary alicyclic amines) is 1. The van der Waals surface area contributed by atoms with Crippen LogP contribution in [0, 0.1) is 11.3 Å². The van der Waals surface area contributed by atoms with E-state index in [1.165, 1.54) is 0 Å². The molecule has 0 spiro atoms. The van der Waals surface area contributed by atoms with Crippen LogP contribution in [0.4, 0.5) is 0 Å². The van der Waals surface area contributed by atoms with Gasteiger partial charge >= 0.3 is 0 Å². The average Bonchev–Trinajstić information content (AvgIpc) is 3.08. The summed E-state index contributed by atoms with van der Waals surface area (Å²) < 4.78 is 5.36. The van der Waals surface area contributed by atoms with Crippen molar-refractivity contribution >= 4 is 0 Å². The van der Waals surface area contributed by atoms with E-state index >= 15 is 0 Å². The number of nitriles is 1. The molecule has 4 rings (SSSR count). The minimum atomic E-state index is 0.238. The summed E-state index contributed by atoms with van der Waals surface area (Å²) in [6.07, 6.45) is 4.82. The fourth-order valence-electron chi connectivity index (χ4n) is 2.77. The van der Waals surface area contributed by atoms with Crippen molar-refractivity contribution in [1.29, 1.82) is 5.26 Å². The van der Waals surface area contributed by atoms with E-state index in [9.17, 15) is 0 Å². The summed E-state index contributed by atoms with van der Waals surface area (Å²) in [4.78, 5) is 14.9. The molecule has 3 heterocycles. The van der Waals surface area contributed by atoms with Crippen molar-refractivity contribution in [2.24, 2.45) is 0 Å². The summed E-state index contributed by atoms with van der Waals surface area (Å²) >= 11 is 0. The Hall–Kier alpha value is -3.11. The van der Waals surface area contributed by atoms with Crippen molar-refractivity contribution in [3.63, 3.8) is 0 Å². The normalized spacial score (nSPS) is 15.0. The molecule has 1 aromatic carbocycles. The van der Waals surface area contributed by atoms with Gasteiger partial charge in [0.05, 0.1) is 23.7 Å². The number of hydrogen-bond acceptors (Lipinski definition) is 7. The third-order valence-electron chi connectivity index (χ3n) is 4.00. The molecule has 1 aliphatic heterocycles. The van der Waals surface area contributed by atoms with E-state index < -0.39 is 0 Å². The van der Waals surface area contributed by atoms with Crippen molar-refractivity contribution in [1.82, 2.24) is 25.0 Å². The van der Waals surface area contributed by atoms with E-state index in [1.54, 1.807) is 18.6 Å². The lowest BCUT2D eigenvalue weighted by molar-refractivity contribution is 0.117. The Morgan fingerprint density at radius 2 is 2.21 bits per heavy atom. The molecular weight excluding hydrogens is 304 g/mol. The van der Waals surface area contributed by atoms with E-state index in [1.807, 2.05) is 24.3 Å². The molecular formula is C17H14N6O. The zero-order valence-corrected chi connectivity index (χ0v) is 12.8. The molecule has 0 radical (unpaired) electrons. The summed E-state index contributed by atoms with van der Waals surface area (Å²) in [5.41, 5.74) is 2.44. The molecule has 0 unspecified atom stereocenters. The zero-order chi connectivity index (χ0) is 16.4. The van der Waals surface area contributed by atoms with Crippen LogP contribution in [0.3, 0.4) is 0 Å². The molecule has 7 nitrogen and oxygen atoms in total. The highest BCUT2D eigenvalue weighted by Crippen LogP contribution is 2.28. The Balaban J connectivity index is 1.38. The number of aromatic nitrogens is 4. The number of nitrogens with zero attached hydrogens (tertiary/aromatic N) is 6. The minimum Gasteiger partial charge on any atom is -0.339 e. The van der Waals surface area contributed by atoms with Crippen molar-refractivity contribution in [2.45, 2.75) is 12.5 Å². The summed E-state index contributed by atoms with van der Waals surface area (Å²) in [5.74, 6) is 1.35. The van der Waals surface area contributed by atoms with Crippen LogP contribution in [0.2, 0.25) is 0 Å². The highest BCUT2D eigenvalue weighted by atomic mass is 16.5. The molecule has 0 N–H and O–H groups in total. The lowest BCUT2D eigenvalue weighted by Gasteiger charge is -2.37. The second-order valence-corrected chi connectivity index (χ2v) is 5.75. The molecule has 0 bridgehead atoms. The van der Waals surface area contributed by atoms with Crippen molar-refractivity contribution < 1.29 is 4.52 Å². The topological polar surface area (TPSA) is 91.7 Å². The van der Waals surface area contributed by atoms with Gasteiger partial charge in [-0.2, -0.15) is 10.2 Å². The first-order valence-electron chi connectivity index (χ1n) is 7.63. The van der Waals surface area contributed by atoms with Crippen LogP contribution < -0.4 is 0 Å². The van der Waals surface area contributed by atoms with Crippen LogP contribution in [-0.4, -0.2) is 38.1 Å². The van der Waals surface area contributed by atoms with Gasteiger partial charge in [-0.25, -0.2) is 4.98 Å². The van der Waals surface area contributed by atoms with Crippen molar-refractivity contribution in [3.05, 3.63) is 59.9 Å². The summed E-state index contributed by atoms with van der Waals surface area (Å²) in [5, 5.41) is 12.9. The van der Waals surface area contributed by atoms with E-state index in [4.69, 9.17) is 9.78 Å². The second kappa shape index (κ2) is 6.18. The molecule has 24 heavy (non-hydrogen) atoms. The van der Waals surface area contributed by atoms with Gasteiger partial charge in [0, 0.05) is 32.0 Å². The quantitative estimate of drug-likeness (QED) is 0.726. The molecule has 118 valence electrons. The van der Waals surface area contributed by atoms with E-state index in [-0.39, 0.29) is 5.92 Å². The second-order valence-electron chi connectivity index (χ2n) is 5.75.